The standard InChI is InChI=1S/C15H27N5S.HI/c1-5-16-15(17-10-13-6-7-18-19(13)4)20-8-9-21-14(11-20)12(2)3;/h6-7,12,14H,5,8-11H2,1-4H3,(H,16,17);1H. The summed E-state index contributed by atoms with van der Waals surface area (Å²) >= 11 is 2.09. The third-order valence-electron chi connectivity index (χ3n) is 3.78. The number of thioether (sulfide) groups is 1. The molecule has 1 aliphatic rings. The third kappa shape index (κ3) is 5.33. The summed E-state index contributed by atoms with van der Waals surface area (Å²) in [7, 11) is 1.96. The monoisotopic (exact) mass is 437 g/mol. The van der Waals surface area contributed by atoms with Gasteiger partial charge in [-0.3, -0.25) is 4.68 Å². The molecule has 2 heterocycles. The maximum atomic E-state index is 4.80. The Morgan fingerprint density at radius 2 is 2.32 bits per heavy atom. The zero-order valence-corrected chi connectivity index (χ0v) is 17.1. The SMILES string of the molecule is CCNC(=NCc1ccnn1C)N1CCSC(C(C)C)C1.I. The summed E-state index contributed by atoms with van der Waals surface area (Å²) in [6.07, 6.45) is 1.82. The molecular weight excluding hydrogens is 409 g/mol. The molecule has 0 amide bonds. The first-order valence-electron chi connectivity index (χ1n) is 7.73. The highest BCUT2D eigenvalue weighted by atomic mass is 127. The van der Waals surface area contributed by atoms with Crippen molar-refractivity contribution < 1.29 is 0 Å². The zero-order chi connectivity index (χ0) is 15.2. The van der Waals surface area contributed by atoms with Crippen molar-refractivity contribution in [2.75, 3.05) is 25.4 Å². The Hall–Kier alpha value is -0.440. The number of hydrogen-bond donors (Lipinski definition) is 1. The number of aromatic nitrogens is 2. The van der Waals surface area contributed by atoms with E-state index < -0.39 is 0 Å². The topological polar surface area (TPSA) is 45.5 Å². The largest absolute Gasteiger partial charge is 0.357 e. The van der Waals surface area contributed by atoms with Gasteiger partial charge in [0.15, 0.2) is 5.96 Å². The van der Waals surface area contributed by atoms with Crippen molar-refractivity contribution in [1.29, 1.82) is 0 Å². The van der Waals surface area contributed by atoms with Crippen molar-refractivity contribution in [3.05, 3.63) is 18.0 Å². The van der Waals surface area contributed by atoms with Crippen LogP contribution in [-0.2, 0) is 13.6 Å². The fourth-order valence-corrected chi connectivity index (χ4v) is 3.71. The van der Waals surface area contributed by atoms with E-state index in [-0.39, 0.29) is 24.0 Å². The van der Waals surface area contributed by atoms with Crippen LogP contribution in [0.4, 0.5) is 0 Å². The van der Waals surface area contributed by atoms with E-state index in [4.69, 9.17) is 4.99 Å². The lowest BCUT2D eigenvalue weighted by Crippen LogP contribution is -2.49. The van der Waals surface area contributed by atoms with Gasteiger partial charge in [-0.15, -0.1) is 24.0 Å². The minimum Gasteiger partial charge on any atom is -0.357 e. The summed E-state index contributed by atoms with van der Waals surface area (Å²) in [5, 5.41) is 8.32. The molecular formula is C15H28IN5S. The Balaban J connectivity index is 0.00000242. The lowest BCUT2D eigenvalue weighted by atomic mass is 10.1. The predicted octanol–water partition coefficient (Wildman–Crippen LogP) is 2.58. The average molecular weight is 437 g/mol. The lowest BCUT2D eigenvalue weighted by molar-refractivity contribution is 0.380. The number of nitrogens with one attached hydrogen (secondary N) is 1. The Morgan fingerprint density at radius 3 is 2.91 bits per heavy atom. The van der Waals surface area contributed by atoms with E-state index in [1.165, 1.54) is 5.75 Å². The molecule has 1 unspecified atom stereocenters. The molecule has 1 aromatic heterocycles. The first-order chi connectivity index (χ1) is 10.1. The predicted molar refractivity (Wildman–Crippen MR) is 106 cm³/mol. The Kier molecular flexibility index (Phi) is 8.59. The van der Waals surface area contributed by atoms with Crippen molar-refractivity contribution in [3.63, 3.8) is 0 Å². The van der Waals surface area contributed by atoms with Crippen LogP contribution >= 0.6 is 35.7 Å². The number of rotatable bonds is 4. The van der Waals surface area contributed by atoms with Gasteiger partial charge in [0.25, 0.3) is 0 Å². The van der Waals surface area contributed by atoms with Crippen LogP contribution in [0.1, 0.15) is 26.5 Å². The highest BCUT2D eigenvalue weighted by molar-refractivity contribution is 14.0. The van der Waals surface area contributed by atoms with E-state index >= 15 is 0 Å². The quantitative estimate of drug-likeness (QED) is 0.447. The van der Waals surface area contributed by atoms with Crippen molar-refractivity contribution in [3.8, 4) is 0 Å². The molecule has 7 heteroatoms. The lowest BCUT2D eigenvalue weighted by Gasteiger charge is -2.36. The molecule has 0 saturated carbocycles. The first kappa shape index (κ1) is 19.6. The molecule has 1 saturated heterocycles. The first-order valence-corrected chi connectivity index (χ1v) is 8.78. The number of aryl methyl sites for hydroxylation is 1. The minimum absolute atomic E-state index is 0. The van der Waals surface area contributed by atoms with Crippen LogP contribution in [0.5, 0.6) is 0 Å². The van der Waals surface area contributed by atoms with E-state index in [9.17, 15) is 0 Å². The van der Waals surface area contributed by atoms with Crippen LogP contribution in [0.15, 0.2) is 17.3 Å². The van der Waals surface area contributed by atoms with E-state index in [1.807, 2.05) is 24.0 Å². The molecule has 0 radical (unpaired) electrons. The van der Waals surface area contributed by atoms with E-state index in [1.54, 1.807) is 0 Å². The number of guanidine groups is 1. The van der Waals surface area contributed by atoms with Crippen molar-refractivity contribution >= 4 is 41.7 Å². The molecule has 0 aliphatic carbocycles. The smallest absolute Gasteiger partial charge is 0.194 e. The molecule has 1 N–H and O–H groups in total. The molecule has 0 spiro atoms. The molecule has 0 aromatic carbocycles. The Bertz CT molecular complexity index is 474. The van der Waals surface area contributed by atoms with Crippen LogP contribution in [0.2, 0.25) is 0 Å². The summed E-state index contributed by atoms with van der Waals surface area (Å²) < 4.78 is 1.88. The van der Waals surface area contributed by atoms with Gasteiger partial charge in [0.1, 0.15) is 0 Å². The molecule has 5 nitrogen and oxygen atoms in total. The van der Waals surface area contributed by atoms with Crippen molar-refractivity contribution in [2.24, 2.45) is 18.0 Å². The Morgan fingerprint density at radius 1 is 1.55 bits per heavy atom. The van der Waals surface area contributed by atoms with Crippen molar-refractivity contribution in [1.82, 2.24) is 20.0 Å². The van der Waals surface area contributed by atoms with Gasteiger partial charge in [0.2, 0.25) is 0 Å². The number of halogens is 1. The fourth-order valence-electron chi connectivity index (χ4n) is 2.41. The van der Waals surface area contributed by atoms with Gasteiger partial charge in [-0.25, -0.2) is 4.99 Å². The van der Waals surface area contributed by atoms with Crippen LogP contribution < -0.4 is 5.32 Å². The molecule has 126 valence electrons. The third-order valence-corrected chi connectivity index (χ3v) is 5.32. The molecule has 1 atom stereocenters. The van der Waals surface area contributed by atoms with Gasteiger partial charge < -0.3 is 10.2 Å². The van der Waals surface area contributed by atoms with Gasteiger partial charge >= 0.3 is 0 Å². The molecule has 1 aliphatic heterocycles. The van der Waals surface area contributed by atoms with Crippen molar-refractivity contribution in [2.45, 2.75) is 32.6 Å². The van der Waals surface area contributed by atoms with Gasteiger partial charge in [-0.2, -0.15) is 16.9 Å². The zero-order valence-electron chi connectivity index (χ0n) is 14.0. The normalized spacial score (nSPS) is 19.2. The molecule has 1 fully saturated rings. The maximum Gasteiger partial charge on any atom is 0.194 e. The van der Waals surface area contributed by atoms with E-state index in [0.29, 0.717) is 17.7 Å². The highest BCUT2D eigenvalue weighted by Gasteiger charge is 2.24. The van der Waals surface area contributed by atoms with Gasteiger partial charge in [0, 0.05) is 43.9 Å². The fraction of sp³-hybridized carbons (Fsp3) is 0.733. The van der Waals surface area contributed by atoms with E-state index in [0.717, 1.165) is 31.3 Å². The Labute approximate surface area is 155 Å². The van der Waals surface area contributed by atoms with Gasteiger partial charge in [0.05, 0.1) is 12.2 Å². The van der Waals surface area contributed by atoms with Crippen LogP contribution in [0.3, 0.4) is 0 Å². The summed E-state index contributed by atoms with van der Waals surface area (Å²) in [4.78, 5) is 7.20. The van der Waals surface area contributed by atoms with E-state index in [2.05, 4.69) is 47.8 Å². The number of hydrogen-bond acceptors (Lipinski definition) is 3. The summed E-state index contributed by atoms with van der Waals surface area (Å²) in [5.74, 6) is 2.92. The van der Waals surface area contributed by atoms with Crippen LogP contribution in [-0.4, -0.2) is 51.3 Å². The number of nitrogens with zero attached hydrogens (tertiary/aromatic N) is 4. The molecule has 0 bridgehead atoms. The summed E-state index contributed by atoms with van der Waals surface area (Å²) in [6, 6.07) is 2.02. The summed E-state index contributed by atoms with van der Waals surface area (Å²) in [6.45, 7) is 10.5. The highest BCUT2D eigenvalue weighted by Crippen LogP contribution is 2.24. The van der Waals surface area contributed by atoms with Gasteiger partial charge in [-0.05, 0) is 18.9 Å². The molecule has 1 aromatic rings. The van der Waals surface area contributed by atoms with Gasteiger partial charge in [-0.1, -0.05) is 13.8 Å². The van der Waals surface area contributed by atoms with Crippen LogP contribution in [0, 0.1) is 5.92 Å². The minimum atomic E-state index is 0. The average Bonchev–Trinajstić information content (AvgIpc) is 2.89. The second-order valence-corrected chi connectivity index (χ2v) is 7.06. The van der Waals surface area contributed by atoms with Crippen LogP contribution in [0.25, 0.3) is 0 Å². The summed E-state index contributed by atoms with van der Waals surface area (Å²) in [5.41, 5.74) is 1.14. The second kappa shape index (κ2) is 9.64. The number of aliphatic imine (C=N–C) groups is 1. The molecule has 2 rings (SSSR count). The molecule has 22 heavy (non-hydrogen) atoms. The maximum absolute atomic E-state index is 4.80. The second-order valence-electron chi connectivity index (χ2n) is 5.72.